The van der Waals surface area contributed by atoms with Gasteiger partial charge in [-0.3, -0.25) is 10.1 Å². The van der Waals surface area contributed by atoms with E-state index >= 15 is 0 Å². The van der Waals surface area contributed by atoms with E-state index in [1.54, 1.807) is 19.2 Å². The highest BCUT2D eigenvalue weighted by Gasteiger charge is 2.43. The Hall–Kier alpha value is -2.38. The average Bonchev–Trinajstić information content (AvgIpc) is 2.79. The molecule has 0 spiro atoms. The number of rotatable bonds is 2. The molecular formula is C18H26N4O4. The molecule has 3 heterocycles. The number of aromatic nitrogens is 1. The fourth-order valence-corrected chi connectivity index (χ4v) is 3.87. The molecule has 142 valence electrons. The Balaban J connectivity index is 1.85. The van der Waals surface area contributed by atoms with Crippen LogP contribution >= 0.6 is 0 Å². The lowest BCUT2D eigenvalue weighted by molar-refractivity contribution is -0.384. The monoisotopic (exact) mass is 362 g/mol. The number of hydrogen-bond acceptors (Lipinski definition) is 6. The number of fused-ring (bicyclic) bond motifs is 2. The third-order valence-electron chi connectivity index (χ3n) is 4.98. The number of carbonyl (C=O) groups excluding carboxylic acids is 1. The molecule has 0 N–H and O–H groups in total. The van der Waals surface area contributed by atoms with Crippen LogP contribution in [0.4, 0.5) is 16.3 Å². The lowest BCUT2D eigenvalue weighted by Crippen LogP contribution is -2.45. The van der Waals surface area contributed by atoms with Gasteiger partial charge in [-0.05, 0) is 53.0 Å². The summed E-state index contributed by atoms with van der Waals surface area (Å²) < 4.78 is 5.58. The van der Waals surface area contributed by atoms with E-state index in [4.69, 9.17) is 4.74 Å². The van der Waals surface area contributed by atoms with Crippen molar-refractivity contribution in [2.75, 3.05) is 18.0 Å². The molecule has 1 amide bonds. The summed E-state index contributed by atoms with van der Waals surface area (Å²) in [5.41, 5.74) is 0.104. The maximum absolute atomic E-state index is 12.7. The number of carbonyl (C=O) groups is 1. The Labute approximate surface area is 153 Å². The van der Waals surface area contributed by atoms with Crippen molar-refractivity contribution in [3.05, 3.63) is 27.9 Å². The average molecular weight is 362 g/mol. The SMILES string of the molecule is Cc1ccnc(N2CCC3CCC(C2)N3C(=O)OC(C)(C)C)c1[N+](=O)[O-]. The van der Waals surface area contributed by atoms with Crippen LogP contribution in [-0.4, -0.2) is 51.7 Å². The minimum absolute atomic E-state index is 0.0146. The summed E-state index contributed by atoms with van der Waals surface area (Å²) in [5.74, 6) is 0.395. The van der Waals surface area contributed by atoms with Crippen molar-refractivity contribution in [3.63, 3.8) is 0 Å². The first-order valence-corrected chi connectivity index (χ1v) is 9.03. The summed E-state index contributed by atoms with van der Waals surface area (Å²) in [7, 11) is 0. The molecule has 2 atom stereocenters. The molecule has 2 aliphatic rings. The third kappa shape index (κ3) is 3.59. The molecule has 2 unspecified atom stereocenters. The zero-order valence-electron chi connectivity index (χ0n) is 15.8. The largest absolute Gasteiger partial charge is 0.444 e. The fourth-order valence-electron chi connectivity index (χ4n) is 3.87. The number of hydrogen-bond donors (Lipinski definition) is 0. The molecule has 1 aromatic heterocycles. The normalized spacial score (nSPS) is 22.9. The van der Waals surface area contributed by atoms with Gasteiger partial charge >= 0.3 is 11.8 Å². The number of anilines is 1. The van der Waals surface area contributed by atoms with E-state index in [9.17, 15) is 14.9 Å². The lowest BCUT2D eigenvalue weighted by Gasteiger charge is -2.31. The van der Waals surface area contributed by atoms with Gasteiger partial charge in [0.05, 0.1) is 11.0 Å². The molecular weight excluding hydrogens is 336 g/mol. The van der Waals surface area contributed by atoms with E-state index < -0.39 is 5.60 Å². The highest BCUT2D eigenvalue weighted by Crippen LogP contribution is 2.36. The predicted octanol–water partition coefficient (Wildman–Crippen LogP) is 3.28. The Morgan fingerprint density at radius 1 is 1.31 bits per heavy atom. The molecule has 26 heavy (non-hydrogen) atoms. The summed E-state index contributed by atoms with van der Waals surface area (Å²) in [6.45, 7) is 8.47. The number of pyridine rings is 1. The van der Waals surface area contributed by atoms with Gasteiger partial charge < -0.3 is 14.5 Å². The van der Waals surface area contributed by atoms with Crippen molar-refractivity contribution >= 4 is 17.6 Å². The molecule has 0 aliphatic carbocycles. The number of nitrogens with zero attached hydrogens (tertiary/aromatic N) is 4. The molecule has 0 radical (unpaired) electrons. The van der Waals surface area contributed by atoms with E-state index in [-0.39, 0.29) is 28.8 Å². The van der Waals surface area contributed by atoms with Gasteiger partial charge in [0.15, 0.2) is 0 Å². The second-order valence-electron chi connectivity index (χ2n) is 8.06. The van der Waals surface area contributed by atoms with Crippen LogP contribution in [0.3, 0.4) is 0 Å². The van der Waals surface area contributed by atoms with Crippen LogP contribution < -0.4 is 4.90 Å². The van der Waals surface area contributed by atoms with Crippen molar-refractivity contribution in [1.82, 2.24) is 9.88 Å². The maximum atomic E-state index is 12.7. The zero-order valence-corrected chi connectivity index (χ0v) is 15.8. The molecule has 3 rings (SSSR count). The first-order valence-electron chi connectivity index (χ1n) is 9.03. The molecule has 8 heteroatoms. The van der Waals surface area contributed by atoms with E-state index in [1.807, 2.05) is 30.6 Å². The summed E-state index contributed by atoms with van der Waals surface area (Å²) in [5, 5.41) is 11.5. The molecule has 8 nitrogen and oxygen atoms in total. The number of nitro groups is 1. The van der Waals surface area contributed by atoms with Crippen LogP contribution in [0, 0.1) is 17.0 Å². The summed E-state index contributed by atoms with van der Waals surface area (Å²) in [4.78, 5) is 31.9. The van der Waals surface area contributed by atoms with E-state index in [0.29, 0.717) is 24.5 Å². The van der Waals surface area contributed by atoms with Gasteiger partial charge in [-0.15, -0.1) is 0 Å². The van der Waals surface area contributed by atoms with Crippen LogP contribution in [-0.2, 0) is 4.74 Å². The van der Waals surface area contributed by atoms with Gasteiger partial charge in [0.1, 0.15) is 5.60 Å². The molecule has 2 bridgehead atoms. The highest BCUT2D eigenvalue weighted by atomic mass is 16.6. The van der Waals surface area contributed by atoms with Crippen molar-refractivity contribution in [3.8, 4) is 0 Å². The standard InChI is InChI=1S/C18H26N4O4/c1-12-7-9-19-16(15(12)22(24)25)20-10-8-13-5-6-14(11-20)21(13)17(23)26-18(2,3)4/h7,9,13-14H,5-6,8,10-11H2,1-4H3. The highest BCUT2D eigenvalue weighted by molar-refractivity contribution is 5.70. The first kappa shape index (κ1) is 18.4. The Morgan fingerprint density at radius 3 is 2.65 bits per heavy atom. The number of amides is 1. The predicted molar refractivity (Wildman–Crippen MR) is 97.3 cm³/mol. The van der Waals surface area contributed by atoms with Gasteiger partial charge in [0, 0.05) is 30.9 Å². The van der Waals surface area contributed by atoms with Crippen molar-refractivity contribution in [2.45, 2.75) is 64.6 Å². The van der Waals surface area contributed by atoms with Crippen LogP contribution in [0.1, 0.15) is 45.6 Å². The second-order valence-corrected chi connectivity index (χ2v) is 8.06. The van der Waals surface area contributed by atoms with Crippen LogP contribution in [0.25, 0.3) is 0 Å². The molecule has 2 saturated heterocycles. The van der Waals surface area contributed by atoms with Gasteiger partial charge in [-0.25, -0.2) is 9.78 Å². The molecule has 0 saturated carbocycles. The first-order chi connectivity index (χ1) is 12.2. The van der Waals surface area contributed by atoms with Crippen LogP contribution in [0.2, 0.25) is 0 Å². The third-order valence-corrected chi connectivity index (χ3v) is 4.98. The molecule has 2 aliphatic heterocycles. The van der Waals surface area contributed by atoms with Gasteiger partial charge in [0.25, 0.3) is 0 Å². The van der Waals surface area contributed by atoms with Crippen molar-refractivity contribution in [1.29, 1.82) is 0 Å². The topological polar surface area (TPSA) is 88.8 Å². The van der Waals surface area contributed by atoms with Crippen LogP contribution in [0.5, 0.6) is 0 Å². The molecule has 1 aromatic rings. The summed E-state index contributed by atoms with van der Waals surface area (Å²) >= 11 is 0. The Morgan fingerprint density at radius 2 is 2.00 bits per heavy atom. The van der Waals surface area contributed by atoms with E-state index in [0.717, 1.165) is 19.3 Å². The quantitative estimate of drug-likeness (QED) is 0.592. The Bertz CT molecular complexity index is 716. The van der Waals surface area contributed by atoms with Crippen molar-refractivity contribution < 1.29 is 14.5 Å². The second kappa shape index (κ2) is 6.74. The molecule has 2 fully saturated rings. The minimum atomic E-state index is -0.542. The number of ether oxygens (including phenoxy) is 1. The maximum Gasteiger partial charge on any atom is 0.410 e. The summed E-state index contributed by atoms with van der Waals surface area (Å²) in [6, 6.07) is 1.75. The minimum Gasteiger partial charge on any atom is -0.444 e. The lowest BCUT2D eigenvalue weighted by atomic mass is 10.1. The Kier molecular flexibility index (Phi) is 4.77. The zero-order chi connectivity index (χ0) is 19.1. The van der Waals surface area contributed by atoms with Crippen LogP contribution in [0.15, 0.2) is 12.3 Å². The van der Waals surface area contributed by atoms with Gasteiger partial charge in [-0.1, -0.05) is 0 Å². The fraction of sp³-hybridized carbons (Fsp3) is 0.667. The van der Waals surface area contributed by atoms with Gasteiger partial charge in [0.2, 0.25) is 5.82 Å². The molecule has 0 aromatic carbocycles. The van der Waals surface area contributed by atoms with Crippen molar-refractivity contribution in [2.24, 2.45) is 0 Å². The van der Waals surface area contributed by atoms with Gasteiger partial charge in [-0.2, -0.15) is 0 Å². The summed E-state index contributed by atoms with van der Waals surface area (Å²) in [6.07, 6.45) is 3.88. The smallest absolute Gasteiger partial charge is 0.410 e. The van der Waals surface area contributed by atoms with E-state index in [2.05, 4.69) is 4.98 Å². The number of aryl methyl sites for hydroxylation is 1. The van der Waals surface area contributed by atoms with E-state index in [1.165, 1.54) is 0 Å².